The summed E-state index contributed by atoms with van der Waals surface area (Å²) in [4.78, 5) is 48.6. The Bertz CT molecular complexity index is 1400. The van der Waals surface area contributed by atoms with E-state index in [1.807, 2.05) is 0 Å². The van der Waals surface area contributed by atoms with Gasteiger partial charge in [0.2, 0.25) is 5.91 Å². The molecule has 0 spiro atoms. The van der Waals surface area contributed by atoms with Gasteiger partial charge in [0.15, 0.2) is 6.23 Å². The van der Waals surface area contributed by atoms with Crippen molar-refractivity contribution in [2.24, 2.45) is 0 Å². The van der Waals surface area contributed by atoms with Crippen LogP contribution in [-0.4, -0.2) is 45.3 Å². The number of phosphoric acid groups is 1. The van der Waals surface area contributed by atoms with Crippen LogP contribution in [0.3, 0.4) is 0 Å². The zero-order chi connectivity index (χ0) is 26.7. The van der Waals surface area contributed by atoms with Crippen LogP contribution in [0.5, 0.6) is 5.75 Å². The maximum Gasteiger partial charge on any atom is 0.530 e. The zero-order valence-corrected chi connectivity index (χ0v) is 20.9. The van der Waals surface area contributed by atoms with Gasteiger partial charge in [-0.1, -0.05) is 12.1 Å². The van der Waals surface area contributed by atoms with Gasteiger partial charge in [-0.05, 0) is 44.0 Å². The smallest absolute Gasteiger partial charge is 0.480 e. The highest BCUT2D eigenvalue weighted by molar-refractivity contribution is 7.49. The third-order valence-corrected chi connectivity index (χ3v) is 7.05. The monoisotopic (exact) mass is 535 g/mol. The predicted octanol–water partition coefficient (Wildman–Crippen LogP) is 1.55. The van der Waals surface area contributed by atoms with E-state index in [1.165, 1.54) is 17.7 Å². The van der Waals surface area contributed by atoms with Crippen LogP contribution in [0.15, 0.2) is 46.1 Å². The summed E-state index contributed by atoms with van der Waals surface area (Å²) >= 11 is 0. The fourth-order valence-electron chi connectivity index (χ4n) is 3.66. The van der Waals surface area contributed by atoms with Crippen molar-refractivity contribution < 1.29 is 37.6 Å². The molecule has 13 nitrogen and oxygen atoms in total. The maximum absolute atomic E-state index is 13.0. The van der Waals surface area contributed by atoms with Gasteiger partial charge >= 0.3 is 19.5 Å². The Morgan fingerprint density at radius 2 is 2.11 bits per heavy atom. The van der Waals surface area contributed by atoms with E-state index < -0.39 is 43.4 Å². The molecule has 2 unspecified atom stereocenters. The normalized spacial score (nSPS) is 23.2. The fraction of sp³-hybridized carbons (Fsp3) is 0.391. The number of fused-ring (bicyclic) bond motifs is 1. The first-order valence-electron chi connectivity index (χ1n) is 11.4. The van der Waals surface area contributed by atoms with E-state index in [0.29, 0.717) is 23.3 Å². The molecular weight excluding hydrogens is 509 g/mol. The molecular formula is C23H26N3O10P. The summed E-state index contributed by atoms with van der Waals surface area (Å²) in [7, 11) is -3.94. The molecule has 4 rings (SSSR count). The molecule has 0 saturated carbocycles. The van der Waals surface area contributed by atoms with Gasteiger partial charge in [-0.25, -0.2) is 9.36 Å². The first-order valence-corrected chi connectivity index (χ1v) is 12.9. The highest BCUT2D eigenvalue weighted by atomic mass is 31.2. The number of benzene rings is 1. The lowest BCUT2D eigenvalue weighted by Crippen LogP contribution is -2.38. The second kappa shape index (κ2) is 10.9. The highest BCUT2D eigenvalue weighted by Crippen LogP contribution is 2.54. The van der Waals surface area contributed by atoms with Crippen molar-refractivity contribution in [2.75, 3.05) is 6.61 Å². The van der Waals surface area contributed by atoms with E-state index in [9.17, 15) is 23.7 Å². The number of carbonyl (C=O) groups is 2. The Morgan fingerprint density at radius 1 is 1.32 bits per heavy atom. The first kappa shape index (κ1) is 26.6. The number of phosphoric ester groups is 1. The van der Waals surface area contributed by atoms with Gasteiger partial charge < -0.3 is 19.7 Å². The quantitative estimate of drug-likeness (QED) is 0.316. The molecule has 0 radical (unpaired) electrons. The number of carboxylic acid groups (broad SMARTS) is 1. The number of aromatic nitrogens is 2. The van der Waals surface area contributed by atoms with Crippen LogP contribution < -0.4 is 21.1 Å². The Kier molecular flexibility index (Phi) is 7.79. The number of amides is 1. The van der Waals surface area contributed by atoms with Crippen LogP contribution in [0.1, 0.15) is 36.3 Å². The summed E-state index contributed by atoms with van der Waals surface area (Å²) < 4.78 is 36.2. The summed E-state index contributed by atoms with van der Waals surface area (Å²) in [5, 5.41) is 11.3. The molecule has 4 atom stereocenters. The van der Waals surface area contributed by atoms with Crippen molar-refractivity contribution in [2.45, 2.75) is 51.7 Å². The van der Waals surface area contributed by atoms with Gasteiger partial charge in [-0.15, -0.1) is 0 Å². The van der Waals surface area contributed by atoms with Gasteiger partial charge in [0.05, 0.1) is 13.2 Å². The van der Waals surface area contributed by atoms with Crippen molar-refractivity contribution in [3.63, 3.8) is 0 Å². The highest BCUT2D eigenvalue weighted by Gasteiger charge is 2.36. The molecule has 1 aromatic heterocycles. The van der Waals surface area contributed by atoms with E-state index in [-0.39, 0.29) is 25.5 Å². The molecule has 37 heavy (non-hydrogen) atoms. The molecule has 0 fully saturated rings. The molecule has 1 amide bonds. The van der Waals surface area contributed by atoms with Crippen molar-refractivity contribution in [1.29, 1.82) is 0 Å². The fourth-order valence-corrected chi connectivity index (χ4v) is 4.89. The Balaban J connectivity index is 1.29. The van der Waals surface area contributed by atoms with Gasteiger partial charge in [-0.2, -0.15) is 0 Å². The molecule has 3 heterocycles. The van der Waals surface area contributed by atoms with Crippen LogP contribution in [0, 0.1) is 6.92 Å². The molecule has 0 saturated heterocycles. The molecule has 3 N–H and O–H groups in total. The van der Waals surface area contributed by atoms with E-state index in [4.69, 9.17) is 23.4 Å². The Hall–Kier alpha value is -3.51. The lowest BCUT2D eigenvalue weighted by molar-refractivity contribution is -0.141. The van der Waals surface area contributed by atoms with Crippen LogP contribution in [-0.2, 0) is 41.0 Å². The Morgan fingerprint density at radius 3 is 2.86 bits per heavy atom. The number of nitrogens with one attached hydrogen (secondary N) is 2. The number of rotatable bonds is 9. The average Bonchev–Trinajstić information content (AvgIpc) is 3.32. The molecule has 1 aromatic carbocycles. The minimum Gasteiger partial charge on any atom is -0.480 e. The van der Waals surface area contributed by atoms with Crippen molar-refractivity contribution in [3.8, 4) is 5.75 Å². The molecule has 2 aromatic rings. The lowest BCUT2D eigenvalue weighted by atomic mass is 10.1. The lowest BCUT2D eigenvalue weighted by Gasteiger charge is -2.26. The second-order valence-electron chi connectivity index (χ2n) is 8.61. The molecule has 0 bridgehead atoms. The van der Waals surface area contributed by atoms with Crippen LogP contribution in [0.25, 0.3) is 0 Å². The van der Waals surface area contributed by atoms with Crippen molar-refractivity contribution in [1.82, 2.24) is 14.9 Å². The standard InChI is InChI=1S/C23H26N3O10P/c1-13-10-26(23(31)25-21(13)28)20-8-5-17(35-20)12-34-37(32)33-11-16-9-15(3-6-18(16)36-37)4-7-19(27)24-14(2)22(29)30/h3,5-6,8-10,14,17,20H,4,7,11-12H2,1-2H3,(H,24,27)(H,29,30)(H,25,28,31)/t14?,17-,20+,37?/m0/s1. The number of ether oxygens (including phenoxy) is 1. The largest absolute Gasteiger partial charge is 0.530 e. The number of carboxylic acids is 1. The summed E-state index contributed by atoms with van der Waals surface area (Å²) in [6.07, 6.45) is 3.71. The molecule has 0 aliphatic carbocycles. The number of aliphatic carboxylic acids is 1. The molecule has 14 heteroatoms. The Labute approximate surface area is 210 Å². The number of H-pyrrole nitrogens is 1. The van der Waals surface area contributed by atoms with Crippen molar-refractivity contribution in [3.05, 3.63) is 74.1 Å². The summed E-state index contributed by atoms with van der Waals surface area (Å²) in [6.45, 7) is 2.74. The van der Waals surface area contributed by atoms with Gasteiger partial charge in [0.25, 0.3) is 5.56 Å². The van der Waals surface area contributed by atoms with E-state index in [2.05, 4.69) is 10.3 Å². The number of carbonyl (C=O) groups excluding carboxylic acids is 1. The molecule has 198 valence electrons. The number of hydrogen-bond donors (Lipinski definition) is 3. The van der Waals surface area contributed by atoms with E-state index >= 15 is 0 Å². The molecule has 2 aliphatic heterocycles. The average molecular weight is 535 g/mol. The second-order valence-corrected chi connectivity index (χ2v) is 10.2. The first-order chi connectivity index (χ1) is 17.5. The van der Waals surface area contributed by atoms with Crippen LogP contribution in [0.2, 0.25) is 0 Å². The van der Waals surface area contributed by atoms with Crippen LogP contribution in [0.4, 0.5) is 0 Å². The SMILES string of the molecule is Cc1cn([C@H]2C=C[C@@H](COP3(=O)OCc4cc(CCC(=O)NC(C)C(=O)O)ccc4O3)O2)c(=O)[nH]c1=O. The number of hydrogen-bond acceptors (Lipinski definition) is 9. The predicted molar refractivity (Wildman–Crippen MR) is 128 cm³/mol. The minimum atomic E-state index is -3.94. The summed E-state index contributed by atoms with van der Waals surface area (Å²) in [5.41, 5.74) is 0.672. The van der Waals surface area contributed by atoms with E-state index in [0.717, 1.165) is 5.56 Å². The topological polar surface area (TPSA) is 175 Å². The maximum atomic E-state index is 13.0. The van der Waals surface area contributed by atoms with Gasteiger partial charge in [0.1, 0.15) is 17.9 Å². The van der Waals surface area contributed by atoms with Crippen molar-refractivity contribution >= 4 is 19.7 Å². The third-order valence-electron chi connectivity index (χ3n) is 5.72. The minimum absolute atomic E-state index is 0.0429. The number of aromatic amines is 1. The zero-order valence-electron chi connectivity index (χ0n) is 20.0. The van der Waals surface area contributed by atoms with Gasteiger partial charge in [-0.3, -0.25) is 33.0 Å². The number of nitrogens with zero attached hydrogens (tertiary/aromatic N) is 1. The molecule has 2 aliphatic rings. The third kappa shape index (κ3) is 6.44. The van der Waals surface area contributed by atoms with Crippen LogP contribution >= 0.6 is 7.82 Å². The van der Waals surface area contributed by atoms with E-state index in [1.54, 1.807) is 37.3 Å². The summed E-state index contributed by atoms with van der Waals surface area (Å²) in [5.74, 6) is -1.18. The van der Waals surface area contributed by atoms with Gasteiger partial charge in [0, 0.05) is 23.7 Å². The number of aryl methyl sites for hydroxylation is 2. The summed E-state index contributed by atoms with van der Waals surface area (Å²) in [6, 6.07) is 4.09.